The van der Waals surface area contributed by atoms with Gasteiger partial charge in [0, 0.05) is 6.42 Å². The van der Waals surface area contributed by atoms with Crippen LogP contribution in [0.3, 0.4) is 0 Å². The van der Waals surface area contributed by atoms with Crippen LogP contribution in [0, 0.1) is 0 Å². The predicted molar refractivity (Wildman–Crippen MR) is 63.7 cm³/mol. The van der Waals surface area contributed by atoms with Crippen LogP contribution in [0.1, 0.15) is 36.0 Å². The first-order valence-electron chi connectivity index (χ1n) is 5.69. The Morgan fingerprint density at radius 2 is 1.82 bits per heavy atom. The van der Waals surface area contributed by atoms with Crippen molar-refractivity contribution in [1.29, 1.82) is 0 Å². The molecule has 0 saturated heterocycles. The molecule has 2 rings (SSSR count). The molecule has 1 aromatic carbocycles. The Balaban J connectivity index is 2.15. The van der Waals surface area contributed by atoms with Gasteiger partial charge in [-0.3, -0.25) is 4.79 Å². The molecule has 0 unspecified atom stereocenters. The summed E-state index contributed by atoms with van der Waals surface area (Å²) in [5.41, 5.74) is 0.794. The number of phenols is 1. The number of amides is 1. The van der Waals surface area contributed by atoms with Gasteiger partial charge in [0.15, 0.2) is 0 Å². The molecular weight excluding hydrogens is 218 g/mol. The predicted octanol–water partition coefficient (Wildman–Crippen LogP) is 2.47. The van der Waals surface area contributed by atoms with Crippen LogP contribution >= 0.6 is 0 Å². The van der Waals surface area contributed by atoms with Crippen LogP contribution in [0.25, 0.3) is 0 Å². The number of phenolic OH excluding ortho intramolecular Hbond substituents is 1. The molecule has 0 radical (unpaired) electrons. The smallest absolute Gasteiger partial charge is 0.259 e. The van der Waals surface area contributed by atoms with E-state index in [-0.39, 0.29) is 23.0 Å². The van der Waals surface area contributed by atoms with E-state index in [0.29, 0.717) is 18.5 Å². The molecule has 3 N–H and O–H groups in total. The minimum atomic E-state index is -0.383. The maximum atomic E-state index is 11.9. The van der Waals surface area contributed by atoms with Crippen molar-refractivity contribution in [3.63, 3.8) is 0 Å². The quantitative estimate of drug-likeness (QED) is 0.735. The Kier molecular flexibility index (Phi) is 3.32. The number of nitrogens with one attached hydrogen (secondary N) is 1. The van der Waals surface area contributed by atoms with Crippen molar-refractivity contribution >= 4 is 5.91 Å². The molecule has 0 aromatic heterocycles. The van der Waals surface area contributed by atoms with Crippen molar-refractivity contribution in [2.75, 3.05) is 0 Å². The van der Waals surface area contributed by atoms with Gasteiger partial charge in [0.05, 0.1) is 11.3 Å². The molecule has 0 bridgehead atoms. The standard InChI is InChI=1S/C13H15NO3/c15-11-7-3-1-5-9(11)13(17)14-10-6-2-4-8-12(10)16/h1,3,5,7,15-16H,2,4,6,8H2,(H,14,17). The van der Waals surface area contributed by atoms with Crippen LogP contribution in [-0.4, -0.2) is 16.1 Å². The van der Waals surface area contributed by atoms with Gasteiger partial charge >= 0.3 is 0 Å². The summed E-state index contributed by atoms with van der Waals surface area (Å²) in [6, 6.07) is 6.35. The van der Waals surface area contributed by atoms with Gasteiger partial charge in [0.25, 0.3) is 5.91 Å². The molecule has 4 heteroatoms. The molecular formula is C13H15NO3. The van der Waals surface area contributed by atoms with Crippen LogP contribution in [0.4, 0.5) is 0 Å². The summed E-state index contributed by atoms with van der Waals surface area (Å²) in [7, 11) is 0. The first-order valence-corrected chi connectivity index (χ1v) is 5.69. The van der Waals surface area contributed by atoms with Crippen LogP contribution < -0.4 is 5.32 Å². The van der Waals surface area contributed by atoms with Gasteiger partial charge in [-0.05, 0) is 31.4 Å². The second-order valence-corrected chi connectivity index (χ2v) is 4.10. The molecule has 0 aliphatic heterocycles. The third-order valence-corrected chi connectivity index (χ3v) is 2.85. The van der Waals surface area contributed by atoms with E-state index in [4.69, 9.17) is 0 Å². The number of allylic oxidation sites excluding steroid dienone is 2. The molecule has 4 nitrogen and oxygen atoms in total. The minimum Gasteiger partial charge on any atom is -0.511 e. The summed E-state index contributed by atoms with van der Waals surface area (Å²) < 4.78 is 0. The van der Waals surface area contributed by atoms with Crippen molar-refractivity contribution in [3.05, 3.63) is 41.3 Å². The van der Waals surface area contributed by atoms with E-state index in [1.165, 1.54) is 6.07 Å². The van der Waals surface area contributed by atoms with Crippen molar-refractivity contribution in [2.45, 2.75) is 25.7 Å². The van der Waals surface area contributed by atoms with Crippen LogP contribution in [0.15, 0.2) is 35.7 Å². The van der Waals surface area contributed by atoms with Gasteiger partial charge in [-0.2, -0.15) is 0 Å². The summed E-state index contributed by atoms with van der Waals surface area (Å²) >= 11 is 0. The molecule has 0 spiro atoms. The Hall–Kier alpha value is -1.97. The largest absolute Gasteiger partial charge is 0.511 e. The lowest BCUT2D eigenvalue weighted by Gasteiger charge is -2.17. The summed E-state index contributed by atoms with van der Waals surface area (Å²) in [6.07, 6.45) is 3.18. The van der Waals surface area contributed by atoms with Gasteiger partial charge < -0.3 is 15.5 Å². The fourth-order valence-electron chi connectivity index (χ4n) is 1.89. The maximum Gasteiger partial charge on any atom is 0.259 e. The second-order valence-electron chi connectivity index (χ2n) is 4.10. The van der Waals surface area contributed by atoms with Crippen molar-refractivity contribution in [2.24, 2.45) is 0 Å². The molecule has 1 aliphatic rings. The van der Waals surface area contributed by atoms with Crippen LogP contribution in [0.2, 0.25) is 0 Å². The Bertz CT molecular complexity index is 465. The van der Waals surface area contributed by atoms with Crippen molar-refractivity contribution in [1.82, 2.24) is 5.32 Å². The molecule has 17 heavy (non-hydrogen) atoms. The Morgan fingerprint density at radius 3 is 2.53 bits per heavy atom. The lowest BCUT2D eigenvalue weighted by Crippen LogP contribution is -2.25. The Morgan fingerprint density at radius 1 is 1.12 bits per heavy atom. The van der Waals surface area contributed by atoms with Gasteiger partial charge in [-0.15, -0.1) is 0 Å². The molecule has 0 heterocycles. The number of rotatable bonds is 2. The van der Waals surface area contributed by atoms with Gasteiger partial charge in [0.1, 0.15) is 11.5 Å². The minimum absolute atomic E-state index is 0.0547. The van der Waals surface area contributed by atoms with E-state index < -0.39 is 0 Å². The number of aromatic hydroxyl groups is 1. The zero-order valence-corrected chi connectivity index (χ0v) is 9.44. The van der Waals surface area contributed by atoms with Gasteiger partial charge in [0.2, 0.25) is 0 Å². The van der Waals surface area contributed by atoms with E-state index in [0.717, 1.165) is 12.8 Å². The SMILES string of the molecule is O=C(NC1=C(O)CCCC1)c1ccccc1O. The number of hydrogen-bond acceptors (Lipinski definition) is 3. The topological polar surface area (TPSA) is 69.6 Å². The number of para-hydroxylation sites is 1. The van der Waals surface area contributed by atoms with Crippen molar-refractivity contribution in [3.8, 4) is 5.75 Å². The lowest BCUT2D eigenvalue weighted by molar-refractivity contribution is 0.0958. The lowest BCUT2D eigenvalue weighted by atomic mass is 10.0. The molecule has 1 aliphatic carbocycles. The highest BCUT2D eigenvalue weighted by Crippen LogP contribution is 2.22. The van der Waals surface area contributed by atoms with E-state index in [1.54, 1.807) is 18.2 Å². The van der Waals surface area contributed by atoms with Crippen molar-refractivity contribution < 1.29 is 15.0 Å². The Labute approximate surface area is 99.6 Å². The first kappa shape index (κ1) is 11.5. The van der Waals surface area contributed by atoms with E-state index in [2.05, 4.69) is 5.32 Å². The summed E-state index contributed by atoms with van der Waals surface area (Å²) in [4.78, 5) is 11.9. The highest BCUT2D eigenvalue weighted by atomic mass is 16.3. The molecule has 1 amide bonds. The number of aliphatic hydroxyl groups excluding tert-OH is 1. The maximum absolute atomic E-state index is 11.9. The normalized spacial score (nSPS) is 15.8. The van der Waals surface area contributed by atoms with E-state index in [9.17, 15) is 15.0 Å². The molecule has 90 valence electrons. The zero-order valence-electron chi connectivity index (χ0n) is 9.44. The number of carbonyl (C=O) groups is 1. The zero-order chi connectivity index (χ0) is 12.3. The van der Waals surface area contributed by atoms with Gasteiger partial charge in [-0.25, -0.2) is 0 Å². The summed E-state index contributed by atoms with van der Waals surface area (Å²) in [5, 5.41) is 21.8. The number of carbonyl (C=O) groups excluding carboxylic acids is 1. The first-order chi connectivity index (χ1) is 8.18. The van der Waals surface area contributed by atoms with Crippen LogP contribution in [0.5, 0.6) is 5.75 Å². The fraction of sp³-hybridized carbons (Fsp3) is 0.308. The molecule has 0 fully saturated rings. The highest BCUT2D eigenvalue weighted by Gasteiger charge is 2.16. The molecule has 1 aromatic rings. The number of benzene rings is 1. The average molecular weight is 233 g/mol. The highest BCUT2D eigenvalue weighted by molar-refractivity contribution is 5.97. The van der Waals surface area contributed by atoms with E-state index >= 15 is 0 Å². The van der Waals surface area contributed by atoms with Crippen LogP contribution in [-0.2, 0) is 0 Å². The molecule has 0 atom stereocenters. The number of hydrogen-bond donors (Lipinski definition) is 3. The second kappa shape index (κ2) is 4.91. The monoisotopic (exact) mass is 233 g/mol. The summed E-state index contributed by atoms with van der Waals surface area (Å²) in [6.45, 7) is 0. The average Bonchev–Trinajstić information content (AvgIpc) is 2.32. The molecule has 0 saturated carbocycles. The third kappa shape index (κ3) is 2.58. The fourth-order valence-corrected chi connectivity index (χ4v) is 1.89. The van der Waals surface area contributed by atoms with Gasteiger partial charge in [-0.1, -0.05) is 12.1 Å². The third-order valence-electron chi connectivity index (χ3n) is 2.85. The summed E-state index contributed by atoms with van der Waals surface area (Å²) in [5.74, 6) is -0.188. The number of aliphatic hydroxyl groups is 1. The van der Waals surface area contributed by atoms with E-state index in [1.807, 2.05) is 0 Å².